The molecule has 0 aromatic carbocycles. The molecule has 7 nitrogen and oxygen atoms in total. The van der Waals surface area contributed by atoms with E-state index in [2.05, 4.69) is 34.5 Å². The maximum Gasteiger partial charge on any atom is 0.415 e. The lowest BCUT2D eigenvalue weighted by Crippen LogP contribution is -2.29. The van der Waals surface area contributed by atoms with Crippen molar-refractivity contribution in [3.8, 4) is 0 Å². The van der Waals surface area contributed by atoms with E-state index < -0.39 is 24.0 Å². The highest BCUT2D eigenvalue weighted by atomic mass is 16.7. The second kappa shape index (κ2) is 8.52. The van der Waals surface area contributed by atoms with Gasteiger partial charge in [0.05, 0.1) is 6.54 Å². The first kappa shape index (κ1) is 17.4. The summed E-state index contributed by atoms with van der Waals surface area (Å²) in [6.07, 6.45) is -0.893. The Kier molecular flexibility index (Phi) is 7.42. The van der Waals surface area contributed by atoms with Crippen LogP contribution in [0.25, 0.3) is 0 Å². The molecule has 0 bridgehead atoms. The number of alkyl carbamates (subject to hydrolysis) is 1. The van der Waals surface area contributed by atoms with E-state index in [1.54, 1.807) is 0 Å². The summed E-state index contributed by atoms with van der Waals surface area (Å²) in [5.41, 5.74) is 0.398. The number of hydrogen-bond donors (Lipinski definition) is 1. The maximum absolute atomic E-state index is 11.2. The first-order valence-electron chi connectivity index (χ1n) is 5.59. The number of hydrogen-bond acceptors (Lipinski definition) is 6. The molecule has 1 N–H and O–H groups in total. The van der Waals surface area contributed by atoms with Gasteiger partial charge in [-0.2, -0.15) is 0 Å². The average Bonchev–Trinajstić information content (AvgIpc) is 2.33. The van der Waals surface area contributed by atoms with Crippen LogP contribution < -0.4 is 5.32 Å². The van der Waals surface area contributed by atoms with Crippen LogP contribution in [0.1, 0.15) is 13.8 Å². The van der Waals surface area contributed by atoms with E-state index in [4.69, 9.17) is 4.74 Å². The standard InChI is InChI=1S/C13H17NO6/c1-8(2)11(15)18-7-6-14-13(17)20-10(5)19-12(16)9(3)4/h1,3,5-7H2,2,4H3,(H,14,17). The molecule has 0 unspecified atom stereocenters. The van der Waals surface area contributed by atoms with Gasteiger partial charge in [-0.05, 0) is 20.4 Å². The third-order valence-electron chi connectivity index (χ3n) is 1.71. The largest absolute Gasteiger partial charge is 0.460 e. The van der Waals surface area contributed by atoms with Gasteiger partial charge in [0.2, 0.25) is 0 Å². The number of esters is 2. The van der Waals surface area contributed by atoms with Crippen molar-refractivity contribution in [2.45, 2.75) is 13.8 Å². The fraction of sp³-hybridized carbons (Fsp3) is 0.308. The number of ether oxygens (including phenoxy) is 3. The zero-order valence-corrected chi connectivity index (χ0v) is 11.5. The minimum absolute atomic E-state index is 0.0273. The number of carbonyl (C=O) groups is 3. The Balaban J connectivity index is 3.86. The van der Waals surface area contributed by atoms with Crippen molar-refractivity contribution >= 4 is 18.0 Å². The molecule has 0 rings (SSSR count). The van der Waals surface area contributed by atoms with Crippen LogP contribution in [-0.4, -0.2) is 31.2 Å². The van der Waals surface area contributed by atoms with Crippen molar-refractivity contribution in [2.24, 2.45) is 0 Å². The molecule has 0 aromatic heterocycles. The molecule has 110 valence electrons. The molecule has 1 amide bonds. The third-order valence-corrected chi connectivity index (χ3v) is 1.71. The van der Waals surface area contributed by atoms with Crippen LogP contribution in [-0.2, 0) is 23.8 Å². The highest BCUT2D eigenvalue weighted by Crippen LogP contribution is 2.01. The van der Waals surface area contributed by atoms with E-state index in [1.165, 1.54) is 13.8 Å². The molecular weight excluding hydrogens is 266 g/mol. The number of nitrogens with one attached hydrogen (secondary N) is 1. The van der Waals surface area contributed by atoms with Gasteiger partial charge in [-0.15, -0.1) is 0 Å². The molecule has 0 aliphatic rings. The first-order chi connectivity index (χ1) is 9.23. The molecule has 0 radical (unpaired) electrons. The number of rotatable bonds is 7. The van der Waals surface area contributed by atoms with Gasteiger partial charge in [-0.1, -0.05) is 13.2 Å². The van der Waals surface area contributed by atoms with Crippen molar-refractivity contribution in [1.29, 1.82) is 0 Å². The summed E-state index contributed by atoms with van der Waals surface area (Å²) in [5, 5.41) is 2.27. The van der Waals surface area contributed by atoms with Gasteiger partial charge in [0.15, 0.2) is 0 Å². The van der Waals surface area contributed by atoms with Crippen LogP contribution in [0.15, 0.2) is 36.8 Å². The number of carbonyl (C=O) groups excluding carboxylic acids is 3. The van der Waals surface area contributed by atoms with E-state index in [-0.39, 0.29) is 24.3 Å². The summed E-state index contributed by atoms with van der Waals surface area (Å²) in [4.78, 5) is 33.3. The first-order valence-corrected chi connectivity index (χ1v) is 5.59. The van der Waals surface area contributed by atoms with Crippen molar-refractivity contribution in [3.63, 3.8) is 0 Å². The lowest BCUT2D eigenvalue weighted by molar-refractivity contribution is -0.140. The maximum atomic E-state index is 11.2. The predicted molar refractivity (Wildman–Crippen MR) is 70.3 cm³/mol. The second-order valence-corrected chi connectivity index (χ2v) is 3.77. The van der Waals surface area contributed by atoms with Gasteiger partial charge < -0.3 is 19.5 Å². The van der Waals surface area contributed by atoms with Crippen molar-refractivity contribution < 1.29 is 28.6 Å². The zero-order chi connectivity index (χ0) is 15.7. The lowest BCUT2D eigenvalue weighted by Gasteiger charge is -2.09. The molecule has 0 saturated carbocycles. The highest BCUT2D eigenvalue weighted by Gasteiger charge is 2.11. The Labute approximate surface area is 116 Å². The Morgan fingerprint density at radius 3 is 2.00 bits per heavy atom. The van der Waals surface area contributed by atoms with E-state index >= 15 is 0 Å². The van der Waals surface area contributed by atoms with Gasteiger partial charge in [0.25, 0.3) is 5.95 Å². The van der Waals surface area contributed by atoms with E-state index in [0.29, 0.717) is 0 Å². The Hall–Kier alpha value is -2.57. The molecule has 20 heavy (non-hydrogen) atoms. The van der Waals surface area contributed by atoms with Crippen molar-refractivity contribution in [2.75, 3.05) is 13.2 Å². The molecule has 0 spiro atoms. The highest BCUT2D eigenvalue weighted by molar-refractivity contribution is 5.87. The van der Waals surface area contributed by atoms with Crippen LogP contribution in [0.4, 0.5) is 4.79 Å². The monoisotopic (exact) mass is 283 g/mol. The lowest BCUT2D eigenvalue weighted by atomic mass is 10.4. The zero-order valence-electron chi connectivity index (χ0n) is 11.5. The molecular formula is C13H17NO6. The van der Waals surface area contributed by atoms with Crippen molar-refractivity contribution in [1.82, 2.24) is 5.32 Å². The van der Waals surface area contributed by atoms with Crippen LogP contribution in [0, 0.1) is 0 Å². The minimum Gasteiger partial charge on any atom is -0.460 e. The fourth-order valence-electron chi connectivity index (χ4n) is 0.771. The normalized spacial score (nSPS) is 9.10. The van der Waals surface area contributed by atoms with Gasteiger partial charge in [-0.3, -0.25) is 0 Å². The van der Waals surface area contributed by atoms with Gasteiger partial charge in [0, 0.05) is 11.1 Å². The summed E-state index contributed by atoms with van der Waals surface area (Å²) in [7, 11) is 0. The molecule has 0 fully saturated rings. The van der Waals surface area contributed by atoms with E-state index in [9.17, 15) is 14.4 Å². The molecule has 0 atom stereocenters. The minimum atomic E-state index is -0.893. The molecule has 0 aromatic rings. The number of amides is 1. The Bertz CT molecular complexity index is 452. The Morgan fingerprint density at radius 2 is 1.50 bits per heavy atom. The van der Waals surface area contributed by atoms with Crippen LogP contribution in [0.5, 0.6) is 0 Å². The average molecular weight is 283 g/mol. The molecule has 7 heteroatoms. The third kappa shape index (κ3) is 7.70. The topological polar surface area (TPSA) is 90.9 Å². The Morgan fingerprint density at radius 1 is 0.950 bits per heavy atom. The van der Waals surface area contributed by atoms with E-state index in [0.717, 1.165) is 0 Å². The predicted octanol–water partition coefficient (Wildman–Crippen LogP) is 1.42. The second-order valence-electron chi connectivity index (χ2n) is 3.77. The summed E-state index contributed by atoms with van der Waals surface area (Å²) in [5.74, 6) is -1.78. The van der Waals surface area contributed by atoms with Crippen LogP contribution in [0.2, 0.25) is 0 Å². The summed E-state index contributed by atoms with van der Waals surface area (Å²) in [6, 6.07) is 0. The smallest absolute Gasteiger partial charge is 0.415 e. The summed E-state index contributed by atoms with van der Waals surface area (Å²) >= 11 is 0. The summed E-state index contributed by atoms with van der Waals surface area (Å²) in [6.45, 7) is 12.9. The molecule has 0 aliphatic carbocycles. The SMILES string of the molecule is C=C(OC(=O)NCCOC(=O)C(=C)C)OC(=O)C(=C)C. The quantitative estimate of drug-likeness (QED) is 0.329. The van der Waals surface area contributed by atoms with Gasteiger partial charge in [0.1, 0.15) is 6.61 Å². The molecule has 0 aliphatic heterocycles. The van der Waals surface area contributed by atoms with Crippen LogP contribution in [0.3, 0.4) is 0 Å². The fourth-order valence-corrected chi connectivity index (χ4v) is 0.771. The van der Waals surface area contributed by atoms with Crippen LogP contribution >= 0.6 is 0 Å². The molecule has 0 saturated heterocycles. The molecule has 0 heterocycles. The van der Waals surface area contributed by atoms with E-state index in [1.807, 2.05) is 0 Å². The van der Waals surface area contributed by atoms with Crippen molar-refractivity contribution in [3.05, 3.63) is 36.8 Å². The van der Waals surface area contributed by atoms with Gasteiger partial charge in [-0.25, -0.2) is 14.4 Å². The van der Waals surface area contributed by atoms with Gasteiger partial charge >= 0.3 is 18.0 Å². The summed E-state index contributed by atoms with van der Waals surface area (Å²) < 4.78 is 13.8.